The van der Waals surface area contributed by atoms with Crippen LogP contribution < -0.4 is 10.6 Å². The fourth-order valence-electron chi connectivity index (χ4n) is 1.23. The summed E-state index contributed by atoms with van der Waals surface area (Å²) < 4.78 is 5.29. The Hall–Kier alpha value is -1.53. The van der Waals surface area contributed by atoms with Gasteiger partial charge in [-0.3, -0.25) is 0 Å². The van der Waals surface area contributed by atoms with Crippen LogP contribution in [0.4, 0.5) is 4.79 Å². The topological polar surface area (TPSA) is 77.7 Å². The summed E-state index contributed by atoms with van der Waals surface area (Å²) in [4.78, 5) is 12.6. The van der Waals surface area contributed by atoms with Crippen LogP contribution in [0, 0.1) is 0 Å². The van der Waals surface area contributed by atoms with Crippen LogP contribution in [0.25, 0.3) is 0 Å². The van der Waals surface area contributed by atoms with Crippen LogP contribution in [-0.4, -0.2) is 43.2 Å². The highest BCUT2D eigenvalue weighted by molar-refractivity contribution is 5.73. The lowest BCUT2D eigenvalue weighted by Crippen LogP contribution is -2.38. The molecule has 6 heteroatoms. The van der Waals surface area contributed by atoms with Crippen molar-refractivity contribution < 1.29 is 14.3 Å². The maximum atomic E-state index is 11.2. The van der Waals surface area contributed by atoms with E-state index in [4.69, 9.17) is 9.52 Å². The molecule has 2 amide bonds. The molecule has 0 spiro atoms. The van der Waals surface area contributed by atoms with Gasteiger partial charge in [0.1, 0.15) is 18.1 Å². The molecule has 0 fully saturated rings. The second-order valence-corrected chi connectivity index (χ2v) is 3.83. The fourth-order valence-corrected chi connectivity index (χ4v) is 1.23. The Bertz CT molecular complexity index is 349. The Morgan fingerprint density at radius 2 is 2.06 bits per heavy atom. The monoisotopic (exact) mass is 241 g/mol. The average molecular weight is 241 g/mol. The van der Waals surface area contributed by atoms with Gasteiger partial charge in [-0.25, -0.2) is 4.79 Å². The summed E-state index contributed by atoms with van der Waals surface area (Å²) in [6.07, 6.45) is 0. The molecule has 0 aromatic carbocycles. The summed E-state index contributed by atoms with van der Waals surface area (Å²) in [5, 5.41) is 14.7. The number of carbonyl (C=O) groups is 1. The summed E-state index contributed by atoms with van der Waals surface area (Å²) >= 11 is 0. The van der Waals surface area contributed by atoms with E-state index in [1.165, 1.54) is 4.90 Å². The highest BCUT2D eigenvalue weighted by Gasteiger charge is 2.02. The molecule has 1 heterocycles. The predicted octanol–water partition coefficient (Wildman–Crippen LogP) is 0.133. The number of furan rings is 1. The fraction of sp³-hybridized carbons (Fsp3) is 0.545. The summed E-state index contributed by atoms with van der Waals surface area (Å²) in [7, 11) is 3.39. The van der Waals surface area contributed by atoms with Crippen molar-refractivity contribution in [2.75, 3.05) is 27.2 Å². The van der Waals surface area contributed by atoms with Gasteiger partial charge >= 0.3 is 6.03 Å². The second kappa shape index (κ2) is 6.93. The first-order chi connectivity index (χ1) is 8.13. The Labute approximate surface area is 101 Å². The van der Waals surface area contributed by atoms with Gasteiger partial charge in [0.15, 0.2) is 0 Å². The number of nitrogens with one attached hydrogen (secondary N) is 2. The zero-order valence-corrected chi connectivity index (χ0v) is 10.2. The van der Waals surface area contributed by atoms with Crippen molar-refractivity contribution in [3.8, 4) is 0 Å². The molecule has 0 aliphatic rings. The number of aliphatic hydroxyl groups is 1. The first-order valence-corrected chi connectivity index (χ1v) is 5.48. The molecule has 6 nitrogen and oxygen atoms in total. The molecule has 0 atom stereocenters. The van der Waals surface area contributed by atoms with E-state index in [0.717, 1.165) is 5.76 Å². The van der Waals surface area contributed by atoms with Crippen LogP contribution in [0.2, 0.25) is 0 Å². The lowest BCUT2D eigenvalue weighted by Gasteiger charge is -2.11. The van der Waals surface area contributed by atoms with Crippen LogP contribution in [0.15, 0.2) is 16.5 Å². The highest BCUT2D eigenvalue weighted by atomic mass is 16.4. The van der Waals surface area contributed by atoms with E-state index in [0.29, 0.717) is 25.4 Å². The summed E-state index contributed by atoms with van der Waals surface area (Å²) in [6, 6.07) is 3.45. The molecule has 0 unspecified atom stereocenters. The number of hydrogen-bond donors (Lipinski definition) is 3. The molecule has 96 valence electrons. The van der Waals surface area contributed by atoms with E-state index < -0.39 is 0 Å². The van der Waals surface area contributed by atoms with Crippen molar-refractivity contribution in [1.29, 1.82) is 0 Å². The zero-order chi connectivity index (χ0) is 12.7. The van der Waals surface area contributed by atoms with Gasteiger partial charge in [0.05, 0.1) is 6.54 Å². The number of amides is 2. The van der Waals surface area contributed by atoms with E-state index >= 15 is 0 Å². The number of carbonyl (C=O) groups excluding carboxylic acids is 1. The average Bonchev–Trinajstić information content (AvgIpc) is 2.76. The Kier molecular flexibility index (Phi) is 5.51. The van der Waals surface area contributed by atoms with Crippen molar-refractivity contribution in [2.24, 2.45) is 0 Å². The Balaban J connectivity index is 2.10. The molecule has 1 aromatic heterocycles. The summed E-state index contributed by atoms with van der Waals surface area (Å²) in [5.41, 5.74) is 0. The van der Waals surface area contributed by atoms with Gasteiger partial charge < -0.3 is 25.1 Å². The predicted molar refractivity (Wildman–Crippen MR) is 63.4 cm³/mol. The molecule has 0 saturated heterocycles. The van der Waals surface area contributed by atoms with Crippen molar-refractivity contribution >= 4 is 6.03 Å². The molecule has 1 aromatic rings. The molecule has 0 radical (unpaired) electrons. The molecular weight excluding hydrogens is 222 g/mol. The molecule has 1 rings (SSSR count). The summed E-state index contributed by atoms with van der Waals surface area (Å²) in [5.74, 6) is 1.33. The van der Waals surface area contributed by atoms with Gasteiger partial charge in [0.25, 0.3) is 0 Å². The largest absolute Gasteiger partial charge is 0.462 e. The molecule has 0 bridgehead atoms. The molecule has 0 aliphatic carbocycles. The molecule has 17 heavy (non-hydrogen) atoms. The standard InChI is InChI=1S/C11H19N3O3/c1-14(2)11(16)13-6-5-12-7-9-3-4-10(8-15)17-9/h3-4,12,15H,5-8H2,1-2H3,(H,13,16). The second-order valence-electron chi connectivity index (χ2n) is 3.83. The minimum atomic E-state index is -0.104. The smallest absolute Gasteiger partial charge is 0.316 e. The number of aliphatic hydroxyl groups excluding tert-OH is 1. The van der Waals surface area contributed by atoms with Gasteiger partial charge in [0, 0.05) is 27.2 Å². The molecule has 0 aliphatic heterocycles. The lowest BCUT2D eigenvalue weighted by atomic mass is 10.4. The van der Waals surface area contributed by atoms with Crippen LogP contribution in [0.5, 0.6) is 0 Å². The van der Waals surface area contributed by atoms with Gasteiger partial charge in [-0.05, 0) is 12.1 Å². The van der Waals surface area contributed by atoms with E-state index in [1.54, 1.807) is 20.2 Å². The van der Waals surface area contributed by atoms with Gasteiger partial charge in [0.2, 0.25) is 0 Å². The SMILES string of the molecule is CN(C)C(=O)NCCNCc1ccc(CO)o1. The third-order valence-electron chi connectivity index (χ3n) is 2.16. The van der Waals surface area contributed by atoms with Crippen LogP contribution in [0.3, 0.4) is 0 Å². The summed E-state index contributed by atoms with van der Waals surface area (Å²) in [6.45, 7) is 1.72. The van der Waals surface area contributed by atoms with Gasteiger partial charge in [-0.15, -0.1) is 0 Å². The number of urea groups is 1. The van der Waals surface area contributed by atoms with Crippen molar-refractivity contribution in [3.05, 3.63) is 23.7 Å². The molecule has 3 N–H and O–H groups in total. The quantitative estimate of drug-likeness (QED) is 0.619. The Morgan fingerprint density at radius 3 is 2.65 bits per heavy atom. The maximum Gasteiger partial charge on any atom is 0.316 e. The van der Waals surface area contributed by atoms with Crippen LogP contribution in [-0.2, 0) is 13.2 Å². The first kappa shape index (κ1) is 13.5. The molecule has 0 saturated carbocycles. The lowest BCUT2D eigenvalue weighted by molar-refractivity contribution is 0.217. The van der Waals surface area contributed by atoms with E-state index in [1.807, 2.05) is 6.07 Å². The van der Waals surface area contributed by atoms with Gasteiger partial charge in [-0.1, -0.05) is 0 Å². The van der Waals surface area contributed by atoms with Crippen molar-refractivity contribution in [1.82, 2.24) is 15.5 Å². The number of hydrogen-bond acceptors (Lipinski definition) is 4. The third-order valence-corrected chi connectivity index (χ3v) is 2.16. The van der Waals surface area contributed by atoms with E-state index in [-0.39, 0.29) is 12.6 Å². The first-order valence-electron chi connectivity index (χ1n) is 5.48. The molecular formula is C11H19N3O3. The maximum absolute atomic E-state index is 11.2. The van der Waals surface area contributed by atoms with Crippen molar-refractivity contribution in [3.63, 3.8) is 0 Å². The van der Waals surface area contributed by atoms with E-state index in [9.17, 15) is 4.79 Å². The zero-order valence-electron chi connectivity index (χ0n) is 10.2. The third kappa shape index (κ3) is 4.88. The van der Waals surface area contributed by atoms with Gasteiger partial charge in [-0.2, -0.15) is 0 Å². The minimum absolute atomic E-state index is 0.0844. The Morgan fingerprint density at radius 1 is 1.35 bits per heavy atom. The van der Waals surface area contributed by atoms with Crippen molar-refractivity contribution in [2.45, 2.75) is 13.2 Å². The van der Waals surface area contributed by atoms with Crippen LogP contribution >= 0.6 is 0 Å². The highest BCUT2D eigenvalue weighted by Crippen LogP contribution is 2.06. The minimum Gasteiger partial charge on any atom is -0.462 e. The number of rotatable bonds is 6. The normalized spacial score (nSPS) is 10.3. The van der Waals surface area contributed by atoms with Crippen LogP contribution in [0.1, 0.15) is 11.5 Å². The van der Waals surface area contributed by atoms with E-state index in [2.05, 4.69) is 10.6 Å². The number of nitrogens with zero attached hydrogens (tertiary/aromatic N) is 1.